The SMILES string of the molecule is CC(C)Oc1ccc(Oc2ccc(OC[C@@H](C)CC(N)=O)cc2)cc1. The molecule has 0 aliphatic rings. The fraction of sp³-hybridized carbons (Fsp3) is 0.350. The summed E-state index contributed by atoms with van der Waals surface area (Å²) in [4.78, 5) is 10.9. The Kier molecular flexibility index (Phi) is 6.69. The number of ether oxygens (including phenoxy) is 3. The van der Waals surface area contributed by atoms with Gasteiger partial charge in [-0.2, -0.15) is 0 Å². The minimum atomic E-state index is -0.315. The van der Waals surface area contributed by atoms with Crippen molar-refractivity contribution in [3.05, 3.63) is 48.5 Å². The Morgan fingerprint density at radius 3 is 1.84 bits per heavy atom. The minimum absolute atomic E-state index is 0.0833. The van der Waals surface area contributed by atoms with E-state index in [1.807, 2.05) is 69.3 Å². The van der Waals surface area contributed by atoms with E-state index >= 15 is 0 Å². The zero-order valence-corrected chi connectivity index (χ0v) is 14.9. The summed E-state index contributed by atoms with van der Waals surface area (Å²) in [5.41, 5.74) is 5.17. The molecule has 0 aliphatic carbocycles. The molecule has 25 heavy (non-hydrogen) atoms. The van der Waals surface area contributed by atoms with Gasteiger partial charge in [-0.05, 0) is 68.3 Å². The van der Waals surface area contributed by atoms with Crippen molar-refractivity contribution in [1.29, 1.82) is 0 Å². The molecular weight excluding hydrogens is 318 g/mol. The van der Waals surface area contributed by atoms with E-state index in [0.717, 1.165) is 23.0 Å². The van der Waals surface area contributed by atoms with Crippen LogP contribution in [0.4, 0.5) is 0 Å². The summed E-state index contributed by atoms with van der Waals surface area (Å²) in [7, 11) is 0. The molecule has 0 heterocycles. The van der Waals surface area contributed by atoms with Crippen LogP contribution < -0.4 is 19.9 Å². The average molecular weight is 343 g/mol. The summed E-state index contributed by atoms with van der Waals surface area (Å²) in [6, 6.07) is 14.9. The quantitative estimate of drug-likeness (QED) is 0.742. The van der Waals surface area contributed by atoms with E-state index in [1.54, 1.807) is 0 Å². The first-order chi connectivity index (χ1) is 11.9. The van der Waals surface area contributed by atoms with E-state index in [1.165, 1.54) is 0 Å². The lowest BCUT2D eigenvalue weighted by Crippen LogP contribution is -2.18. The summed E-state index contributed by atoms with van der Waals surface area (Å²) in [6.07, 6.45) is 0.461. The number of benzene rings is 2. The van der Waals surface area contributed by atoms with Crippen molar-refractivity contribution in [2.24, 2.45) is 11.7 Å². The molecule has 0 saturated carbocycles. The first-order valence-electron chi connectivity index (χ1n) is 8.38. The number of primary amides is 1. The van der Waals surface area contributed by atoms with Gasteiger partial charge in [0.2, 0.25) is 5.91 Å². The second-order valence-electron chi connectivity index (χ2n) is 6.30. The molecule has 5 nitrogen and oxygen atoms in total. The van der Waals surface area contributed by atoms with Gasteiger partial charge in [0.1, 0.15) is 23.0 Å². The first kappa shape index (κ1) is 18.6. The van der Waals surface area contributed by atoms with Crippen LogP contribution in [0.3, 0.4) is 0 Å². The molecule has 1 amide bonds. The first-order valence-corrected chi connectivity index (χ1v) is 8.38. The highest BCUT2D eigenvalue weighted by Gasteiger charge is 2.07. The number of hydrogen-bond donors (Lipinski definition) is 1. The molecule has 1 atom stereocenters. The van der Waals surface area contributed by atoms with Crippen LogP contribution in [-0.4, -0.2) is 18.6 Å². The van der Waals surface area contributed by atoms with Crippen LogP contribution in [-0.2, 0) is 4.79 Å². The highest BCUT2D eigenvalue weighted by molar-refractivity contribution is 5.73. The van der Waals surface area contributed by atoms with Crippen molar-refractivity contribution in [2.75, 3.05) is 6.61 Å². The molecule has 2 N–H and O–H groups in total. The van der Waals surface area contributed by atoms with E-state index in [0.29, 0.717) is 13.0 Å². The predicted molar refractivity (Wildman–Crippen MR) is 97.2 cm³/mol. The van der Waals surface area contributed by atoms with Crippen molar-refractivity contribution in [1.82, 2.24) is 0 Å². The van der Waals surface area contributed by atoms with Crippen molar-refractivity contribution >= 4 is 5.91 Å². The molecule has 2 aromatic rings. The van der Waals surface area contributed by atoms with E-state index in [-0.39, 0.29) is 17.9 Å². The zero-order valence-electron chi connectivity index (χ0n) is 14.9. The van der Waals surface area contributed by atoms with Gasteiger partial charge in [0.05, 0.1) is 12.7 Å². The van der Waals surface area contributed by atoms with Gasteiger partial charge in [-0.3, -0.25) is 4.79 Å². The Bertz CT molecular complexity index is 665. The largest absolute Gasteiger partial charge is 0.493 e. The third kappa shape index (κ3) is 6.75. The number of nitrogens with two attached hydrogens (primary N) is 1. The minimum Gasteiger partial charge on any atom is -0.493 e. The Balaban J connectivity index is 1.86. The fourth-order valence-corrected chi connectivity index (χ4v) is 2.24. The molecule has 5 heteroatoms. The summed E-state index contributed by atoms with van der Waals surface area (Å²) in [6.45, 7) is 6.35. The average Bonchev–Trinajstić information content (AvgIpc) is 2.55. The van der Waals surface area contributed by atoms with Gasteiger partial charge in [-0.15, -0.1) is 0 Å². The van der Waals surface area contributed by atoms with Gasteiger partial charge in [-0.25, -0.2) is 0 Å². The maximum Gasteiger partial charge on any atom is 0.217 e. The Morgan fingerprint density at radius 1 is 0.880 bits per heavy atom. The Hall–Kier alpha value is -2.69. The Labute approximate surface area is 148 Å². The summed E-state index contributed by atoms with van der Waals surface area (Å²) < 4.78 is 17.1. The van der Waals surface area contributed by atoms with Gasteiger partial charge < -0.3 is 19.9 Å². The second kappa shape index (κ2) is 8.97. The molecule has 0 radical (unpaired) electrons. The van der Waals surface area contributed by atoms with Crippen molar-refractivity contribution in [2.45, 2.75) is 33.3 Å². The predicted octanol–water partition coefficient (Wildman–Crippen LogP) is 4.16. The molecule has 134 valence electrons. The topological polar surface area (TPSA) is 70.8 Å². The number of carbonyl (C=O) groups excluding carboxylic acids is 1. The van der Waals surface area contributed by atoms with E-state index in [4.69, 9.17) is 19.9 Å². The van der Waals surface area contributed by atoms with E-state index < -0.39 is 0 Å². The van der Waals surface area contributed by atoms with Crippen LogP contribution in [0, 0.1) is 5.92 Å². The van der Waals surface area contributed by atoms with Crippen molar-refractivity contribution < 1.29 is 19.0 Å². The lowest BCUT2D eigenvalue weighted by Gasteiger charge is -2.12. The molecule has 0 fully saturated rings. The van der Waals surface area contributed by atoms with E-state index in [9.17, 15) is 4.79 Å². The number of amides is 1. The van der Waals surface area contributed by atoms with Crippen molar-refractivity contribution in [3.8, 4) is 23.0 Å². The molecule has 0 saturated heterocycles. The standard InChI is InChI=1S/C20H25NO4/c1-14(2)24-17-8-10-19(11-9-17)25-18-6-4-16(5-7-18)23-13-15(3)12-20(21)22/h4-11,14-15H,12-13H2,1-3H3,(H2,21,22)/t15-/m0/s1. The third-order valence-corrected chi connectivity index (χ3v) is 3.34. The second-order valence-corrected chi connectivity index (χ2v) is 6.30. The van der Waals surface area contributed by atoms with Crippen LogP contribution in [0.2, 0.25) is 0 Å². The number of rotatable bonds is 9. The summed E-state index contributed by atoms with van der Waals surface area (Å²) in [5, 5.41) is 0. The monoisotopic (exact) mass is 343 g/mol. The number of hydrogen-bond acceptors (Lipinski definition) is 4. The molecular formula is C20H25NO4. The van der Waals surface area contributed by atoms with Gasteiger partial charge in [0.15, 0.2) is 0 Å². The van der Waals surface area contributed by atoms with Crippen molar-refractivity contribution in [3.63, 3.8) is 0 Å². The summed E-state index contributed by atoms with van der Waals surface area (Å²) in [5.74, 6) is 2.76. The summed E-state index contributed by atoms with van der Waals surface area (Å²) >= 11 is 0. The van der Waals surface area contributed by atoms with Crippen LogP contribution in [0.25, 0.3) is 0 Å². The lowest BCUT2D eigenvalue weighted by molar-refractivity contribution is -0.119. The normalized spacial score (nSPS) is 11.8. The maximum atomic E-state index is 10.9. The van der Waals surface area contributed by atoms with Gasteiger partial charge in [-0.1, -0.05) is 6.92 Å². The van der Waals surface area contributed by atoms with Crippen LogP contribution in [0.15, 0.2) is 48.5 Å². The molecule has 0 unspecified atom stereocenters. The van der Waals surface area contributed by atoms with Gasteiger partial charge in [0, 0.05) is 6.42 Å². The smallest absolute Gasteiger partial charge is 0.217 e. The fourth-order valence-electron chi connectivity index (χ4n) is 2.24. The van der Waals surface area contributed by atoms with Crippen LogP contribution >= 0.6 is 0 Å². The van der Waals surface area contributed by atoms with Gasteiger partial charge in [0.25, 0.3) is 0 Å². The van der Waals surface area contributed by atoms with Crippen LogP contribution in [0.5, 0.6) is 23.0 Å². The molecule has 2 rings (SSSR count). The molecule has 0 aliphatic heterocycles. The van der Waals surface area contributed by atoms with Crippen LogP contribution in [0.1, 0.15) is 27.2 Å². The highest BCUT2D eigenvalue weighted by atomic mass is 16.5. The lowest BCUT2D eigenvalue weighted by atomic mass is 10.1. The van der Waals surface area contributed by atoms with E-state index in [2.05, 4.69) is 0 Å². The maximum absolute atomic E-state index is 10.9. The highest BCUT2D eigenvalue weighted by Crippen LogP contribution is 2.26. The molecule has 0 spiro atoms. The zero-order chi connectivity index (χ0) is 18.2. The Morgan fingerprint density at radius 2 is 1.36 bits per heavy atom. The third-order valence-electron chi connectivity index (χ3n) is 3.34. The molecule has 0 bridgehead atoms. The van der Waals surface area contributed by atoms with Gasteiger partial charge >= 0.3 is 0 Å². The molecule has 0 aromatic heterocycles. The number of carbonyl (C=O) groups is 1. The molecule has 2 aromatic carbocycles.